The topological polar surface area (TPSA) is 72.8 Å². The normalized spacial score (nSPS) is 11.0. The fourth-order valence-corrected chi connectivity index (χ4v) is 3.50. The molecule has 1 heterocycles. The summed E-state index contributed by atoms with van der Waals surface area (Å²) in [6.45, 7) is 2.32. The first-order valence-corrected chi connectivity index (χ1v) is 9.70. The first-order chi connectivity index (χ1) is 13.3. The van der Waals surface area contributed by atoms with Crippen molar-refractivity contribution in [2.45, 2.75) is 0 Å². The van der Waals surface area contributed by atoms with E-state index in [1.807, 2.05) is 37.4 Å². The molecule has 3 rings (SSSR count). The number of aromatic nitrogens is 1. The van der Waals surface area contributed by atoms with E-state index in [9.17, 15) is 0 Å². The van der Waals surface area contributed by atoms with Gasteiger partial charge in [-0.25, -0.2) is 4.98 Å². The molecule has 27 heavy (non-hydrogen) atoms. The highest BCUT2D eigenvalue weighted by Gasteiger charge is 2.07. The van der Waals surface area contributed by atoms with E-state index in [0.717, 1.165) is 32.2 Å². The smallest absolute Gasteiger partial charge is 0.124 e. The van der Waals surface area contributed by atoms with Crippen LogP contribution < -0.4 is 10.1 Å². The van der Waals surface area contributed by atoms with Crippen LogP contribution in [0.25, 0.3) is 20.8 Å². The Morgan fingerprint density at radius 3 is 2.44 bits per heavy atom. The number of hydrogen-bond acceptors (Lipinski definition) is 7. The van der Waals surface area contributed by atoms with Gasteiger partial charge in [0.1, 0.15) is 17.4 Å². The average Bonchev–Trinajstić information content (AvgIpc) is 3.13. The number of rotatable bonds is 11. The van der Waals surface area contributed by atoms with E-state index in [0.29, 0.717) is 33.0 Å². The maximum atomic E-state index is 8.60. The molecule has 1 aromatic heterocycles. The van der Waals surface area contributed by atoms with Crippen LogP contribution in [0.4, 0.5) is 5.69 Å². The quantitative estimate of drug-likeness (QED) is 0.491. The van der Waals surface area contributed by atoms with Gasteiger partial charge in [-0.1, -0.05) is 0 Å². The molecule has 144 valence electrons. The van der Waals surface area contributed by atoms with Gasteiger partial charge in [-0.2, -0.15) is 0 Å². The van der Waals surface area contributed by atoms with E-state index in [2.05, 4.69) is 17.4 Å². The van der Waals surface area contributed by atoms with Gasteiger partial charge in [0.15, 0.2) is 0 Å². The molecule has 0 bridgehead atoms. The highest BCUT2D eigenvalue weighted by atomic mass is 32.1. The van der Waals surface area contributed by atoms with Gasteiger partial charge in [0.25, 0.3) is 0 Å². The summed E-state index contributed by atoms with van der Waals surface area (Å²) in [6.07, 6.45) is 0. The molecule has 2 aromatic carbocycles. The molecule has 0 amide bonds. The van der Waals surface area contributed by atoms with Crippen LogP contribution >= 0.6 is 11.3 Å². The zero-order valence-electron chi connectivity index (χ0n) is 15.3. The predicted octanol–water partition coefficient (Wildman–Crippen LogP) is 3.41. The number of benzene rings is 2. The molecule has 2 N–H and O–H groups in total. The molecule has 6 nitrogen and oxygen atoms in total. The molecule has 0 aliphatic heterocycles. The van der Waals surface area contributed by atoms with Gasteiger partial charge >= 0.3 is 0 Å². The second kappa shape index (κ2) is 10.2. The largest absolute Gasteiger partial charge is 0.491 e. The van der Waals surface area contributed by atoms with Crippen molar-refractivity contribution < 1.29 is 19.3 Å². The lowest BCUT2D eigenvalue weighted by atomic mass is 10.2. The minimum Gasteiger partial charge on any atom is -0.491 e. The molecule has 0 spiro atoms. The van der Waals surface area contributed by atoms with Crippen molar-refractivity contribution in [2.75, 3.05) is 52.0 Å². The van der Waals surface area contributed by atoms with Crippen molar-refractivity contribution in [1.29, 1.82) is 0 Å². The monoisotopic (exact) mass is 388 g/mol. The number of anilines is 1. The standard InChI is InChI=1S/C20H24N2O4S/c1-21-16-4-2-15(3-5-16)20-22-18-7-6-17(14-19(18)27-20)26-13-12-25-11-10-24-9-8-23/h2-7,14,21,23H,8-13H2,1H3. The maximum absolute atomic E-state index is 8.60. The van der Waals surface area contributed by atoms with Crippen LogP contribution in [-0.4, -0.2) is 56.8 Å². The van der Waals surface area contributed by atoms with E-state index in [4.69, 9.17) is 24.3 Å². The first kappa shape index (κ1) is 19.6. The fraction of sp³-hybridized carbons (Fsp3) is 0.350. The number of nitrogens with one attached hydrogen (secondary N) is 1. The zero-order valence-corrected chi connectivity index (χ0v) is 16.1. The van der Waals surface area contributed by atoms with Crippen molar-refractivity contribution in [3.63, 3.8) is 0 Å². The van der Waals surface area contributed by atoms with Gasteiger partial charge in [0.05, 0.1) is 43.3 Å². The van der Waals surface area contributed by atoms with Gasteiger partial charge in [-0.3, -0.25) is 0 Å². The van der Waals surface area contributed by atoms with Gasteiger partial charge < -0.3 is 24.6 Å². The number of aliphatic hydroxyl groups is 1. The van der Waals surface area contributed by atoms with Crippen molar-refractivity contribution in [1.82, 2.24) is 4.98 Å². The highest BCUT2D eigenvalue weighted by Crippen LogP contribution is 2.32. The van der Waals surface area contributed by atoms with Crippen LogP contribution in [0.5, 0.6) is 5.75 Å². The van der Waals surface area contributed by atoms with Gasteiger partial charge in [-0.15, -0.1) is 11.3 Å². The fourth-order valence-electron chi connectivity index (χ4n) is 2.50. The van der Waals surface area contributed by atoms with Crippen molar-refractivity contribution >= 4 is 27.2 Å². The van der Waals surface area contributed by atoms with Gasteiger partial charge in [0, 0.05) is 18.3 Å². The van der Waals surface area contributed by atoms with Crippen LogP contribution in [-0.2, 0) is 9.47 Å². The molecular weight excluding hydrogens is 364 g/mol. The van der Waals surface area contributed by atoms with Gasteiger partial charge in [-0.05, 0) is 42.5 Å². The summed E-state index contributed by atoms with van der Waals surface area (Å²) >= 11 is 1.65. The summed E-state index contributed by atoms with van der Waals surface area (Å²) in [4.78, 5) is 4.71. The Bertz CT molecular complexity index is 836. The number of fused-ring (bicyclic) bond motifs is 1. The molecule has 0 unspecified atom stereocenters. The molecule has 3 aromatic rings. The molecule has 0 aliphatic carbocycles. The Hall–Kier alpha value is -2.19. The van der Waals surface area contributed by atoms with E-state index in [1.54, 1.807) is 11.3 Å². The van der Waals surface area contributed by atoms with Gasteiger partial charge in [0.2, 0.25) is 0 Å². The summed E-state index contributed by atoms with van der Waals surface area (Å²) in [5.41, 5.74) is 3.16. The summed E-state index contributed by atoms with van der Waals surface area (Å²) in [6, 6.07) is 14.2. The number of ether oxygens (including phenoxy) is 3. The second-order valence-electron chi connectivity index (χ2n) is 5.77. The van der Waals surface area contributed by atoms with Crippen LogP contribution in [0.1, 0.15) is 0 Å². The summed E-state index contributed by atoms with van der Waals surface area (Å²) < 4.78 is 17.4. The molecule has 0 aliphatic rings. The Balaban J connectivity index is 1.52. The first-order valence-electron chi connectivity index (χ1n) is 8.88. The Morgan fingerprint density at radius 1 is 0.963 bits per heavy atom. The minimum atomic E-state index is 0.0339. The summed E-state index contributed by atoms with van der Waals surface area (Å²) in [5.74, 6) is 0.809. The molecule has 0 atom stereocenters. The second-order valence-corrected chi connectivity index (χ2v) is 6.80. The molecule has 0 radical (unpaired) electrons. The van der Waals surface area contributed by atoms with E-state index < -0.39 is 0 Å². The van der Waals surface area contributed by atoms with Crippen LogP contribution in [0, 0.1) is 0 Å². The third-order valence-electron chi connectivity index (χ3n) is 3.88. The predicted molar refractivity (Wildman–Crippen MR) is 109 cm³/mol. The lowest BCUT2D eigenvalue weighted by Crippen LogP contribution is -2.11. The molecule has 0 saturated carbocycles. The lowest BCUT2D eigenvalue weighted by molar-refractivity contribution is 0.0247. The number of nitrogens with zero attached hydrogens (tertiary/aromatic N) is 1. The number of hydrogen-bond donors (Lipinski definition) is 2. The summed E-state index contributed by atoms with van der Waals surface area (Å²) in [7, 11) is 1.91. The number of aliphatic hydroxyl groups excluding tert-OH is 1. The number of thiazole rings is 1. The molecule has 0 saturated heterocycles. The minimum absolute atomic E-state index is 0.0339. The third-order valence-corrected chi connectivity index (χ3v) is 4.95. The van der Waals surface area contributed by atoms with Crippen LogP contribution in [0.3, 0.4) is 0 Å². The average molecular weight is 388 g/mol. The Morgan fingerprint density at radius 2 is 1.70 bits per heavy atom. The van der Waals surface area contributed by atoms with E-state index in [1.165, 1.54) is 0 Å². The maximum Gasteiger partial charge on any atom is 0.124 e. The Kier molecular flexibility index (Phi) is 7.41. The Labute approximate surface area is 162 Å². The molecule has 7 heteroatoms. The SMILES string of the molecule is CNc1ccc(-c2nc3ccc(OCCOCCOCCO)cc3s2)cc1. The van der Waals surface area contributed by atoms with Crippen molar-refractivity contribution in [3.05, 3.63) is 42.5 Å². The van der Waals surface area contributed by atoms with E-state index >= 15 is 0 Å². The summed E-state index contributed by atoms with van der Waals surface area (Å²) in [5, 5.41) is 12.7. The third kappa shape index (κ3) is 5.64. The zero-order chi connectivity index (χ0) is 18.9. The van der Waals surface area contributed by atoms with Crippen molar-refractivity contribution in [2.24, 2.45) is 0 Å². The molecular formula is C20H24N2O4S. The van der Waals surface area contributed by atoms with Crippen LogP contribution in [0.15, 0.2) is 42.5 Å². The van der Waals surface area contributed by atoms with Crippen LogP contribution in [0.2, 0.25) is 0 Å². The lowest BCUT2D eigenvalue weighted by Gasteiger charge is -2.07. The highest BCUT2D eigenvalue weighted by molar-refractivity contribution is 7.21. The van der Waals surface area contributed by atoms with E-state index in [-0.39, 0.29) is 6.61 Å². The molecule has 0 fully saturated rings. The van der Waals surface area contributed by atoms with Crippen molar-refractivity contribution in [3.8, 4) is 16.3 Å².